The summed E-state index contributed by atoms with van der Waals surface area (Å²) in [6.45, 7) is 8.00. The van der Waals surface area contributed by atoms with Crippen LogP contribution < -0.4 is 5.32 Å². The second-order valence-electron chi connectivity index (χ2n) is 5.59. The maximum Gasteiger partial charge on any atom is 0.110 e. The highest BCUT2D eigenvalue weighted by Gasteiger charge is 2.34. The highest BCUT2D eigenvalue weighted by molar-refractivity contribution is 9.10. The van der Waals surface area contributed by atoms with Crippen molar-refractivity contribution in [1.29, 1.82) is 0 Å². The third-order valence-corrected chi connectivity index (χ3v) is 6.34. The summed E-state index contributed by atoms with van der Waals surface area (Å²) in [5, 5.41) is 5.41. The Hall–Kier alpha value is -0.0600. The standard InChI is InChI=1S/C15H23BrN2S/c1-4-17-13-9-10(2)8-11(3)14(13)19-15-12(16)6-5-7-18-15/h5-7,10-11,13-14,17H,4,8-9H2,1-3H3. The molecule has 19 heavy (non-hydrogen) atoms. The number of nitrogens with zero attached hydrogens (tertiary/aromatic N) is 1. The van der Waals surface area contributed by atoms with Gasteiger partial charge in [0.2, 0.25) is 0 Å². The molecule has 2 nitrogen and oxygen atoms in total. The van der Waals surface area contributed by atoms with E-state index in [9.17, 15) is 0 Å². The van der Waals surface area contributed by atoms with Crippen LogP contribution >= 0.6 is 27.7 Å². The first-order chi connectivity index (χ1) is 9.11. The molecular weight excluding hydrogens is 320 g/mol. The molecule has 4 unspecified atom stereocenters. The zero-order chi connectivity index (χ0) is 13.8. The Kier molecular flexibility index (Phi) is 5.72. The number of halogens is 1. The first-order valence-corrected chi connectivity index (χ1v) is 8.79. The smallest absolute Gasteiger partial charge is 0.110 e. The number of pyridine rings is 1. The van der Waals surface area contributed by atoms with Crippen molar-refractivity contribution in [2.24, 2.45) is 11.8 Å². The molecule has 0 saturated heterocycles. The van der Waals surface area contributed by atoms with Crippen molar-refractivity contribution in [3.63, 3.8) is 0 Å². The summed E-state index contributed by atoms with van der Waals surface area (Å²) >= 11 is 5.54. The Morgan fingerprint density at radius 3 is 2.89 bits per heavy atom. The van der Waals surface area contributed by atoms with Crippen LogP contribution in [0.15, 0.2) is 27.8 Å². The van der Waals surface area contributed by atoms with Crippen LogP contribution in [0.1, 0.15) is 33.6 Å². The molecular formula is C15H23BrN2S. The maximum absolute atomic E-state index is 4.51. The monoisotopic (exact) mass is 342 g/mol. The third-order valence-electron chi connectivity index (χ3n) is 3.83. The number of thioether (sulfide) groups is 1. The quantitative estimate of drug-likeness (QED) is 0.880. The lowest BCUT2D eigenvalue weighted by Crippen LogP contribution is -2.46. The minimum Gasteiger partial charge on any atom is -0.313 e. The van der Waals surface area contributed by atoms with Gasteiger partial charge in [-0.25, -0.2) is 4.98 Å². The van der Waals surface area contributed by atoms with E-state index in [0.717, 1.165) is 27.9 Å². The molecule has 1 fully saturated rings. The minimum atomic E-state index is 0.600. The molecule has 2 rings (SSSR count). The van der Waals surface area contributed by atoms with Crippen LogP contribution in [0.5, 0.6) is 0 Å². The molecule has 4 heteroatoms. The van der Waals surface area contributed by atoms with Crippen LogP contribution in [0.4, 0.5) is 0 Å². The molecule has 1 N–H and O–H groups in total. The van der Waals surface area contributed by atoms with Gasteiger partial charge in [0, 0.05) is 22.0 Å². The van der Waals surface area contributed by atoms with Gasteiger partial charge in [0.05, 0.1) is 0 Å². The summed E-state index contributed by atoms with van der Waals surface area (Å²) in [6.07, 6.45) is 4.48. The van der Waals surface area contributed by atoms with Gasteiger partial charge in [0.25, 0.3) is 0 Å². The molecule has 1 heterocycles. The Labute approximate surface area is 129 Å². The van der Waals surface area contributed by atoms with Crippen molar-refractivity contribution in [1.82, 2.24) is 10.3 Å². The molecule has 0 amide bonds. The predicted octanol–water partition coefficient (Wildman–Crippen LogP) is 4.35. The Morgan fingerprint density at radius 1 is 1.42 bits per heavy atom. The van der Waals surface area contributed by atoms with Crippen molar-refractivity contribution >= 4 is 27.7 Å². The minimum absolute atomic E-state index is 0.600. The third kappa shape index (κ3) is 3.96. The van der Waals surface area contributed by atoms with Crippen molar-refractivity contribution in [2.45, 2.75) is 49.9 Å². The number of hydrogen-bond donors (Lipinski definition) is 1. The van der Waals surface area contributed by atoms with Crippen LogP contribution in [0.3, 0.4) is 0 Å². The summed E-state index contributed by atoms with van der Waals surface area (Å²) in [4.78, 5) is 4.51. The van der Waals surface area contributed by atoms with Gasteiger partial charge in [-0.05, 0) is 59.3 Å². The average Bonchev–Trinajstić information content (AvgIpc) is 2.36. The van der Waals surface area contributed by atoms with Crippen LogP contribution in [0, 0.1) is 11.8 Å². The Bertz CT molecular complexity index is 413. The van der Waals surface area contributed by atoms with E-state index in [1.165, 1.54) is 12.8 Å². The number of nitrogens with one attached hydrogen (secondary N) is 1. The SMILES string of the molecule is CCNC1CC(C)CC(C)C1Sc1ncccc1Br. The number of aromatic nitrogens is 1. The zero-order valence-electron chi connectivity index (χ0n) is 11.9. The summed E-state index contributed by atoms with van der Waals surface area (Å²) < 4.78 is 1.11. The fraction of sp³-hybridized carbons (Fsp3) is 0.667. The van der Waals surface area contributed by atoms with Gasteiger partial charge >= 0.3 is 0 Å². The molecule has 1 saturated carbocycles. The molecule has 0 bridgehead atoms. The van der Waals surface area contributed by atoms with Crippen molar-refractivity contribution in [3.8, 4) is 0 Å². The van der Waals surface area contributed by atoms with Crippen molar-refractivity contribution in [2.75, 3.05) is 6.54 Å². The van der Waals surface area contributed by atoms with Gasteiger partial charge in [0.1, 0.15) is 5.03 Å². The Morgan fingerprint density at radius 2 is 2.21 bits per heavy atom. The molecule has 0 radical (unpaired) electrons. The summed E-state index contributed by atoms with van der Waals surface area (Å²) in [5.74, 6) is 1.55. The number of rotatable bonds is 4. The highest BCUT2D eigenvalue weighted by Crippen LogP contribution is 2.40. The van der Waals surface area contributed by atoms with Crippen molar-refractivity contribution < 1.29 is 0 Å². The van der Waals surface area contributed by atoms with E-state index < -0.39 is 0 Å². The summed E-state index contributed by atoms with van der Waals surface area (Å²) in [5.41, 5.74) is 0. The lowest BCUT2D eigenvalue weighted by Gasteiger charge is -2.39. The predicted molar refractivity (Wildman–Crippen MR) is 86.6 cm³/mol. The van der Waals surface area contributed by atoms with Crippen LogP contribution in [-0.4, -0.2) is 22.8 Å². The van der Waals surface area contributed by atoms with E-state index >= 15 is 0 Å². The van der Waals surface area contributed by atoms with Gasteiger partial charge in [0.15, 0.2) is 0 Å². The van der Waals surface area contributed by atoms with Gasteiger partial charge in [-0.3, -0.25) is 0 Å². The van der Waals surface area contributed by atoms with E-state index in [1.54, 1.807) is 0 Å². The highest BCUT2D eigenvalue weighted by atomic mass is 79.9. The summed E-state index contributed by atoms with van der Waals surface area (Å²) in [6, 6.07) is 4.65. The molecule has 106 valence electrons. The Balaban J connectivity index is 2.13. The van der Waals surface area contributed by atoms with Crippen LogP contribution in [-0.2, 0) is 0 Å². The second-order valence-corrected chi connectivity index (χ2v) is 7.61. The van der Waals surface area contributed by atoms with Crippen molar-refractivity contribution in [3.05, 3.63) is 22.8 Å². The molecule has 1 aromatic heterocycles. The summed E-state index contributed by atoms with van der Waals surface area (Å²) in [7, 11) is 0. The molecule has 1 aliphatic rings. The topological polar surface area (TPSA) is 24.9 Å². The normalized spacial score (nSPS) is 31.4. The van der Waals surface area contributed by atoms with Crippen LogP contribution in [0.2, 0.25) is 0 Å². The second kappa shape index (κ2) is 7.09. The lowest BCUT2D eigenvalue weighted by atomic mass is 9.80. The van der Waals surface area contributed by atoms with Gasteiger partial charge < -0.3 is 5.32 Å². The molecule has 0 spiro atoms. The van der Waals surface area contributed by atoms with E-state index in [0.29, 0.717) is 11.3 Å². The maximum atomic E-state index is 4.51. The fourth-order valence-corrected chi connectivity index (χ4v) is 4.89. The number of hydrogen-bond acceptors (Lipinski definition) is 3. The average molecular weight is 343 g/mol. The van der Waals surface area contributed by atoms with E-state index in [2.05, 4.69) is 53.1 Å². The molecule has 0 aromatic carbocycles. The van der Waals surface area contributed by atoms with Gasteiger partial charge in [-0.1, -0.05) is 32.5 Å². The van der Waals surface area contributed by atoms with Gasteiger partial charge in [-0.15, -0.1) is 0 Å². The van der Waals surface area contributed by atoms with E-state index in [1.807, 2.05) is 24.0 Å². The molecule has 4 atom stereocenters. The first kappa shape index (κ1) is 15.3. The van der Waals surface area contributed by atoms with E-state index in [-0.39, 0.29) is 0 Å². The first-order valence-electron chi connectivity index (χ1n) is 7.12. The fourth-order valence-electron chi connectivity index (χ4n) is 3.08. The molecule has 0 aliphatic heterocycles. The zero-order valence-corrected chi connectivity index (χ0v) is 14.3. The van der Waals surface area contributed by atoms with E-state index in [4.69, 9.17) is 0 Å². The molecule has 1 aliphatic carbocycles. The lowest BCUT2D eigenvalue weighted by molar-refractivity contribution is 0.251. The largest absolute Gasteiger partial charge is 0.313 e. The van der Waals surface area contributed by atoms with Gasteiger partial charge in [-0.2, -0.15) is 0 Å². The van der Waals surface area contributed by atoms with Crippen LogP contribution in [0.25, 0.3) is 0 Å². The molecule has 1 aromatic rings.